The molecule has 6 nitrogen and oxygen atoms in total. The first-order valence-corrected chi connectivity index (χ1v) is 7.65. The largest absolute Gasteiger partial charge is 0.497 e. The summed E-state index contributed by atoms with van der Waals surface area (Å²) < 4.78 is 5.29. The maximum atomic E-state index is 12.5. The summed E-state index contributed by atoms with van der Waals surface area (Å²) in [7, 11) is 1.60. The minimum absolute atomic E-state index is 0.106. The van der Waals surface area contributed by atoms with Gasteiger partial charge >= 0.3 is 0 Å². The van der Waals surface area contributed by atoms with E-state index in [2.05, 4.69) is 15.3 Å². The summed E-state index contributed by atoms with van der Waals surface area (Å²) in [5.74, 6) is 0.949. The zero-order valence-corrected chi connectivity index (χ0v) is 13.4. The first-order chi connectivity index (χ1) is 11.7. The van der Waals surface area contributed by atoms with Crippen molar-refractivity contribution in [3.8, 4) is 5.75 Å². The van der Waals surface area contributed by atoms with Crippen LogP contribution in [0.15, 0.2) is 42.5 Å². The lowest BCUT2D eigenvalue weighted by atomic mass is 10.1. The molecule has 6 heteroatoms. The Morgan fingerprint density at radius 3 is 2.83 bits per heavy atom. The molecule has 0 atom stereocenters. The second-order valence-corrected chi connectivity index (χ2v) is 5.59. The van der Waals surface area contributed by atoms with Crippen molar-refractivity contribution in [2.75, 3.05) is 23.9 Å². The average Bonchev–Trinajstić information content (AvgIpc) is 2.61. The number of ether oxygens (including phenoxy) is 1. The van der Waals surface area contributed by atoms with E-state index in [-0.39, 0.29) is 12.5 Å². The molecule has 24 heavy (non-hydrogen) atoms. The van der Waals surface area contributed by atoms with Gasteiger partial charge in [-0.05, 0) is 25.1 Å². The first-order valence-electron chi connectivity index (χ1n) is 7.65. The number of anilines is 3. The van der Waals surface area contributed by atoms with Crippen LogP contribution in [0.2, 0.25) is 0 Å². The fourth-order valence-electron chi connectivity index (χ4n) is 2.90. The number of carbonyl (C=O) groups is 1. The molecule has 0 spiro atoms. The molecule has 120 valence electrons. The molecule has 1 aromatic heterocycles. The van der Waals surface area contributed by atoms with Crippen molar-refractivity contribution < 1.29 is 9.53 Å². The van der Waals surface area contributed by atoms with Gasteiger partial charge in [-0.25, -0.2) is 14.9 Å². The molecule has 0 unspecified atom stereocenters. The van der Waals surface area contributed by atoms with E-state index in [0.717, 1.165) is 22.3 Å². The van der Waals surface area contributed by atoms with Gasteiger partial charge in [-0.3, -0.25) is 4.79 Å². The molecule has 2 heterocycles. The molecule has 1 aliphatic rings. The minimum Gasteiger partial charge on any atom is -0.497 e. The summed E-state index contributed by atoms with van der Waals surface area (Å²) in [4.78, 5) is 23.2. The van der Waals surface area contributed by atoms with Gasteiger partial charge < -0.3 is 10.1 Å². The van der Waals surface area contributed by atoms with E-state index in [1.165, 1.54) is 0 Å². The number of carbonyl (C=O) groups excluding carboxylic acids is 1. The summed E-state index contributed by atoms with van der Waals surface area (Å²) in [6, 6.07) is 13.3. The number of fused-ring (bicyclic) bond motifs is 2. The third-order valence-electron chi connectivity index (χ3n) is 4.11. The average molecular weight is 320 g/mol. The van der Waals surface area contributed by atoms with Crippen molar-refractivity contribution in [2.24, 2.45) is 0 Å². The number of hydrogen-bond donors (Lipinski definition) is 1. The van der Waals surface area contributed by atoms with Gasteiger partial charge in [0.15, 0.2) is 0 Å². The van der Waals surface area contributed by atoms with Gasteiger partial charge in [0.25, 0.3) is 5.91 Å². The van der Waals surface area contributed by atoms with Crippen LogP contribution in [0.25, 0.3) is 10.9 Å². The lowest BCUT2D eigenvalue weighted by molar-refractivity contribution is -0.116. The monoisotopic (exact) mass is 320 g/mol. The molecule has 3 aromatic rings. The number of hydrogen-bond acceptors (Lipinski definition) is 5. The normalized spacial score (nSPS) is 13.6. The Morgan fingerprint density at radius 1 is 1.17 bits per heavy atom. The van der Waals surface area contributed by atoms with Crippen LogP contribution in [0, 0.1) is 6.92 Å². The molecule has 0 aliphatic carbocycles. The smallest absolute Gasteiger partial charge is 0.253 e. The zero-order chi connectivity index (χ0) is 16.7. The Kier molecular flexibility index (Phi) is 3.30. The van der Waals surface area contributed by atoms with Crippen molar-refractivity contribution in [2.45, 2.75) is 6.92 Å². The van der Waals surface area contributed by atoms with Crippen molar-refractivity contribution in [3.05, 3.63) is 48.2 Å². The van der Waals surface area contributed by atoms with E-state index in [9.17, 15) is 4.79 Å². The fraction of sp³-hybridized carbons (Fsp3) is 0.167. The Labute approximate surface area is 139 Å². The number of nitrogens with zero attached hydrogens (tertiary/aromatic N) is 3. The summed E-state index contributed by atoms with van der Waals surface area (Å²) in [6.45, 7) is 2.13. The lowest BCUT2D eigenvalue weighted by Gasteiger charge is -2.29. The molecule has 1 amide bonds. The van der Waals surface area contributed by atoms with Crippen LogP contribution in [0.3, 0.4) is 0 Å². The quantitative estimate of drug-likeness (QED) is 0.786. The highest BCUT2D eigenvalue weighted by Gasteiger charge is 2.28. The fourth-order valence-corrected chi connectivity index (χ4v) is 2.90. The number of amides is 1. The number of methoxy groups -OCH3 is 1. The predicted molar refractivity (Wildman–Crippen MR) is 92.9 cm³/mol. The van der Waals surface area contributed by atoms with Crippen LogP contribution in [0.1, 0.15) is 5.69 Å². The standard InChI is InChI=1S/C18H16N4O2/c1-11-13-5-3-4-6-14(13)21-18(20-11)22-16-9-12(24-2)7-8-15(16)19-10-17(22)23/h3-9,19H,10H2,1-2H3. The highest BCUT2D eigenvalue weighted by Crippen LogP contribution is 2.37. The second kappa shape index (κ2) is 5.49. The van der Waals surface area contributed by atoms with Crippen LogP contribution < -0.4 is 15.0 Å². The minimum atomic E-state index is -0.106. The van der Waals surface area contributed by atoms with Crippen molar-refractivity contribution >= 4 is 34.1 Å². The van der Waals surface area contributed by atoms with Crippen molar-refractivity contribution in [1.29, 1.82) is 0 Å². The lowest BCUT2D eigenvalue weighted by Crippen LogP contribution is -2.37. The SMILES string of the molecule is COc1ccc2c(c1)N(c1nc(C)c3ccccc3n1)C(=O)CN2. The number of para-hydroxylation sites is 1. The highest BCUT2D eigenvalue weighted by atomic mass is 16.5. The number of rotatable bonds is 2. The molecule has 4 rings (SSSR count). The number of aryl methyl sites for hydroxylation is 1. The number of nitrogens with one attached hydrogen (secondary N) is 1. The van der Waals surface area contributed by atoms with E-state index in [4.69, 9.17) is 4.74 Å². The van der Waals surface area contributed by atoms with Crippen molar-refractivity contribution in [3.63, 3.8) is 0 Å². The van der Waals surface area contributed by atoms with E-state index in [1.54, 1.807) is 12.0 Å². The Bertz CT molecular complexity index is 955. The van der Waals surface area contributed by atoms with E-state index in [1.807, 2.05) is 49.4 Å². The maximum absolute atomic E-state index is 12.5. The van der Waals surface area contributed by atoms with E-state index < -0.39 is 0 Å². The molecule has 0 fully saturated rings. The van der Waals surface area contributed by atoms with Crippen LogP contribution in [-0.4, -0.2) is 29.5 Å². The van der Waals surface area contributed by atoms with Gasteiger partial charge in [0.1, 0.15) is 5.75 Å². The third-order valence-corrected chi connectivity index (χ3v) is 4.11. The Hall–Kier alpha value is -3.15. The predicted octanol–water partition coefficient (Wildman–Crippen LogP) is 3.04. The summed E-state index contributed by atoms with van der Waals surface area (Å²) in [6.07, 6.45) is 0. The molecular formula is C18H16N4O2. The van der Waals surface area contributed by atoms with Gasteiger partial charge in [-0.2, -0.15) is 0 Å². The van der Waals surface area contributed by atoms with Gasteiger partial charge in [0.2, 0.25) is 5.95 Å². The summed E-state index contributed by atoms with van der Waals surface area (Å²) in [5, 5.41) is 4.09. The number of aromatic nitrogens is 2. The first kappa shape index (κ1) is 14.4. The van der Waals surface area contributed by atoms with Gasteiger partial charge in [-0.1, -0.05) is 18.2 Å². The molecule has 0 radical (unpaired) electrons. The Morgan fingerprint density at radius 2 is 2.00 bits per heavy atom. The van der Waals surface area contributed by atoms with E-state index >= 15 is 0 Å². The second-order valence-electron chi connectivity index (χ2n) is 5.59. The molecule has 1 aliphatic heterocycles. The highest BCUT2D eigenvalue weighted by molar-refractivity contribution is 6.07. The number of benzene rings is 2. The topological polar surface area (TPSA) is 67.3 Å². The molecule has 0 bridgehead atoms. The van der Waals surface area contributed by atoms with Crippen LogP contribution in [0.4, 0.5) is 17.3 Å². The molecule has 0 saturated heterocycles. The molecule has 1 N–H and O–H groups in total. The Balaban J connectivity index is 1.92. The summed E-state index contributed by atoms with van der Waals surface area (Å²) >= 11 is 0. The van der Waals surface area contributed by atoms with Gasteiger partial charge in [0.05, 0.1) is 36.2 Å². The third kappa shape index (κ3) is 2.23. The molecule has 0 saturated carbocycles. The van der Waals surface area contributed by atoms with Gasteiger partial charge in [-0.15, -0.1) is 0 Å². The molecular weight excluding hydrogens is 304 g/mol. The van der Waals surface area contributed by atoms with Crippen LogP contribution in [0.5, 0.6) is 5.75 Å². The zero-order valence-electron chi connectivity index (χ0n) is 13.4. The van der Waals surface area contributed by atoms with E-state index in [0.29, 0.717) is 17.4 Å². The summed E-state index contributed by atoms with van der Waals surface area (Å²) in [5.41, 5.74) is 3.20. The van der Waals surface area contributed by atoms with Gasteiger partial charge in [0, 0.05) is 11.5 Å². The molecule has 2 aromatic carbocycles. The van der Waals surface area contributed by atoms with Crippen molar-refractivity contribution in [1.82, 2.24) is 9.97 Å². The van der Waals surface area contributed by atoms with Crippen LogP contribution >= 0.6 is 0 Å². The van der Waals surface area contributed by atoms with Crippen LogP contribution in [-0.2, 0) is 4.79 Å². The maximum Gasteiger partial charge on any atom is 0.253 e.